The lowest BCUT2D eigenvalue weighted by Gasteiger charge is -2.11. The second-order valence-corrected chi connectivity index (χ2v) is 5.91. The number of hydrogen-bond acceptors (Lipinski definition) is 3. The third kappa shape index (κ3) is 6.02. The number of carbonyl (C=O) groups is 2. The highest BCUT2D eigenvalue weighted by atomic mass is 19.4. The van der Waals surface area contributed by atoms with E-state index < -0.39 is 12.1 Å². The monoisotopic (exact) mass is 380 g/mol. The molecule has 0 bridgehead atoms. The molecule has 2 aromatic carbocycles. The van der Waals surface area contributed by atoms with E-state index in [9.17, 15) is 22.8 Å². The van der Waals surface area contributed by atoms with Crippen LogP contribution in [0.3, 0.4) is 0 Å². The fraction of sp³-hybridized carbons (Fsp3) is 0.263. The van der Waals surface area contributed by atoms with E-state index in [-0.39, 0.29) is 19.1 Å². The van der Waals surface area contributed by atoms with Gasteiger partial charge in [-0.2, -0.15) is 13.2 Å². The number of ether oxygens (including phenoxy) is 1. The third-order valence-corrected chi connectivity index (χ3v) is 3.86. The number of halogens is 3. The maximum atomic E-state index is 12.1. The number of nitrogens with one attached hydrogen (secondary N) is 2. The first-order chi connectivity index (χ1) is 12.7. The Bertz CT molecular complexity index is 818. The van der Waals surface area contributed by atoms with Gasteiger partial charge < -0.3 is 15.4 Å². The lowest BCUT2D eigenvalue weighted by atomic mass is 10.1. The maximum absolute atomic E-state index is 12.1. The van der Waals surface area contributed by atoms with E-state index in [1.165, 1.54) is 24.3 Å². The van der Waals surface area contributed by atoms with Crippen molar-refractivity contribution in [1.82, 2.24) is 5.32 Å². The molecule has 0 unspecified atom stereocenters. The predicted molar refractivity (Wildman–Crippen MR) is 94.4 cm³/mol. The average Bonchev–Trinajstić information content (AvgIpc) is 2.61. The first kappa shape index (κ1) is 20.3. The van der Waals surface area contributed by atoms with Gasteiger partial charge in [-0.1, -0.05) is 24.3 Å². The highest BCUT2D eigenvalue weighted by Crippen LogP contribution is 2.20. The Hall–Kier alpha value is -3.03. The van der Waals surface area contributed by atoms with Gasteiger partial charge in [-0.3, -0.25) is 9.59 Å². The molecule has 2 N–H and O–H groups in total. The molecule has 2 aromatic rings. The highest BCUT2D eigenvalue weighted by molar-refractivity contribution is 5.91. The van der Waals surface area contributed by atoms with Crippen molar-refractivity contribution in [2.45, 2.75) is 26.6 Å². The zero-order chi connectivity index (χ0) is 20.0. The van der Waals surface area contributed by atoms with E-state index >= 15 is 0 Å². The molecule has 0 aromatic heterocycles. The molecule has 0 radical (unpaired) electrons. The Kier molecular flexibility index (Phi) is 6.44. The molecule has 0 aliphatic carbocycles. The standard InChI is InChI=1S/C19H19F3N2O3/c1-12-4-3-5-16(13(12)2)27-11-17(25)24-15-8-6-14(7-9-15)10-23-18(26)19(20,21)22/h3-9H,10-11H2,1-2H3,(H,23,26)(H,24,25). The molecule has 0 saturated heterocycles. The fourth-order valence-electron chi connectivity index (χ4n) is 2.21. The van der Waals surface area contributed by atoms with Crippen LogP contribution in [0.25, 0.3) is 0 Å². The molecule has 0 saturated carbocycles. The van der Waals surface area contributed by atoms with E-state index in [2.05, 4.69) is 5.32 Å². The molecule has 0 aliphatic rings. The zero-order valence-corrected chi connectivity index (χ0v) is 14.8. The lowest BCUT2D eigenvalue weighted by Crippen LogP contribution is -2.36. The smallest absolute Gasteiger partial charge is 0.471 e. The summed E-state index contributed by atoms with van der Waals surface area (Å²) in [5, 5.41) is 4.41. The van der Waals surface area contributed by atoms with Crippen LogP contribution in [0, 0.1) is 13.8 Å². The fourth-order valence-corrected chi connectivity index (χ4v) is 2.21. The van der Waals surface area contributed by atoms with Crippen molar-refractivity contribution in [2.75, 3.05) is 11.9 Å². The van der Waals surface area contributed by atoms with Crippen molar-refractivity contribution in [3.05, 3.63) is 59.2 Å². The van der Waals surface area contributed by atoms with Gasteiger partial charge in [0, 0.05) is 12.2 Å². The van der Waals surface area contributed by atoms with Gasteiger partial charge in [0.2, 0.25) is 0 Å². The van der Waals surface area contributed by atoms with E-state index in [0.717, 1.165) is 11.1 Å². The molecule has 5 nitrogen and oxygen atoms in total. The van der Waals surface area contributed by atoms with Gasteiger partial charge in [0.1, 0.15) is 5.75 Å². The SMILES string of the molecule is Cc1cccc(OCC(=O)Nc2ccc(CNC(=O)C(F)(F)F)cc2)c1C. The topological polar surface area (TPSA) is 67.4 Å². The van der Waals surface area contributed by atoms with Crippen molar-refractivity contribution >= 4 is 17.5 Å². The summed E-state index contributed by atoms with van der Waals surface area (Å²) in [6, 6.07) is 11.7. The van der Waals surface area contributed by atoms with Gasteiger partial charge in [0.05, 0.1) is 0 Å². The van der Waals surface area contributed by atoms with Crippen LogP contribution in [0.1, 0.15) is 16.7 Å². The highest BCUT2D eigenvalue weighted by Gasteiger charge is 2.38. The largest absolute Gasteiger partial charge is 0.483 e. The molecule has 0 aliphatic heterocycles. The molecule has 0 atom stereocenters. The number of hydrogen-bond donors (Lipinski definition) is 2. The zero-order valence-electron chi connectivity index (χ0n) is 14.8. The Morgan fingerprint density at radius 3 is 2.33 bits per heavy atom. The minimum Gasteiger partial charge on any atom is -0.483 e. The van der Waals surface area contributed by atoms with Gasteiger partial charge in [-0.25, -0.2) is 0 Å². The Morgan fingerprint density at radius 1 is 1.04 bits per heavy atom. The molecular weight excluding hydrogens is 361 g/mol. The van der Waals surface area contributed by atoms with Gasteiger partial charge in [0.15, 0.2) is 6.61 Å². The van der Waals surface area contributed by atoms with Gasteiger partial charge in [0.25, 0.3) is 5.91 Å². The van der Waals surface area contributed by atoms with Crippen molar-refractivity contribution in [3.63, 3.8) is 0 Å². The summed E-state index contributed by atoms with van der Waals surface area (Å²) in [7, 11) is 0. The summed E-state index contributed by atoms with van der Waals surface area (Å²) in [6.07, 6.45) is -4.91. The summed E-state index contributed by atoms with van der Waals surface area (Å²) in [6.45, 7) is 3.41. The van der Waals surface area contributed by atoms with Crippen molar-refractivity contribution in [1.29, 1.82) is 0 Å². The number of anilines is 1. The van der Waals surface area contributed by atoms with Crippen LogP contribution >= 0.6 is 0 Å². The maximum Gasteiger partial charge on any atom is 0.471 e. The Labute approximate surface area is 154 Å². The molecule has 2 amide bonds. The normalized spacial score (nSPS) is 11.0. The molecule has 27 heavy (non-hydrogen) atoms. The second kappa shape index (κ2) is 8.57. The summed E-state index contributed by atoms with van der Waals surface area (Å²) >= 11 is 0. The Balaban J connectivity index is 1.84. The van der Waals surface area contributed by atoms with Gasteiger partial charge in [-0.15, -0.1) is 0 Å². The first-order valence-electron chi connectivity index (χ1n) is 8.09. The van der Waals surface area contributed by atoms with E-state index in [1.54, 1.807) is 11.4 Å². The third-order valence-electron chi connectivity index (χ3n) is 3.86. The number of alkyl halides is 3. The summed E-state index contributed by atoms with van der Waals surface area (Å²) in [4.78, 5) is 22.8. The number of amides is 2. The Morgan fingerprint density at radius 2 is 1.70 bits per heavy atom. The van der Waals surface area contributed by atoms with Crippen molar-refractivity contribution < 1.29 is 27.5 Å². The molecule has 144 valence electrons. The quantitative estimate of drug-likeness (QED) is 0.806. The number of benzene rings is 2. The second-order valence-electron chi connectivity index (χ2n) is 5.91. The minimum atomic E-state index is -4.91. The van der Waals surface area contributed by atoms with Gasteiger partial charge >= 0.3 is 12.1 Å². The van der Waals surface area contributed by atoms with Crippen LogP contribution in [-0.4, -0.2) is 24.6 Å². The molecule has 0 spiro atoms. The van der Waals surface area contributed by atoms with Gasteiger partial charge in [-0.05, 0) is 48.7 Å². The lowest BCUT2D eigenvalue weighted by molar-refractivity contribution is -0.173. The van der Waals surface area contributed by atoms with Crippen LogP contribution in [0.5, 0.6) is 5.75 Å². The van der Waals surface area contributed by atoms with Crippen molar-refractivity contribution in [2.24, 2.45) is 0 Å². The van der Waals surface area contributed by atoms with E-state index in [0.29, 0.717) is 17.0 Å². The van der Waals surface area contributed by atoms with Crippen LogP contribution in [0.2, 0.25) is 0 Å². The molecule has 0 fully saturated rings. The van der Waals surface area contributed by atoms with Crippen molar-refractivity contribution in [3.8, 4) is 5.75 Å². The van der Waals surface area contributed by atoms with Crippen LogP contribution in [0.4, 0.5) is 18.9 Å². The molecule has 8 heteroatoms. The number of aryl methyl sites for hydroxylation is 1. The van der Waals surface area contributed by atoms with E-state index in [1.807, 2.05) is 26.0 Å². The summed E-state index contributed by atoms with van der Waals surface area (Å²) in [5.41, 5.74) is 2.95. The van der Waals surface area contributed by atoms with Crippen LogP contribution in [-0.2, 0) is 16.1 Å². The van der Waals surface area contributed by atoms with Crippen LogP contribution in [0.15, 0.2) is 42.5 Å². The first-order valence-corrected chi connectivity index (χ1v) is 8.09. The van der Waals surface area contributed by atoms with E-state index in [4.69, 9.17) is 4.74 Å². The summed E-state index contributed by atoms with van der Waals surface area (Å²) < 4.78 is 41.9. The summed E-state index contributed by atoms with van der Waals surface area (Å²) in [5.74, 6) is -1.74. The minimum absolute atomic E-state index is 0.173. The average molecular weight is 380 g/mol. The molecule has 2 rings (SSSR count). The molecular formula is C19H19F3N2O3. The number of rotatable bonds is 6. The number of carbonyl (C=O) groups excluding carboxylic acids is 2. The molecule has 0 heterocycles. The predicted octanol–water partition coefficient (Wildman–Crippen LogP) is 3.50. The van der Waals surface area contributed by atoms with Crippen LogP contribution < -0.4 is 15.4 Å².